The molecule has 0 radical (unpaired) electrons. The maximum absolute atomic E-state index is 5.90. The van der Waals surface area contributed by atoms with E-state index in [0.717, 1.165) is 31.2 Å². The second-order valence-electron chi connectivity index (χ2n) is 6.07. The number of aliphatic imine (C=N–C) groups is 1. The van der Waals surface area contributed by atoms with E-state index in [0.29, 0.717) is 19.0 Å². The van der Waals surface area contributed by atoms with Gasteiger partial charge in [0.25, 0.3) is 0 Å². The van der Waals surface area contributed by atoms with Gasteiger partial charge in [0.1, 0.15) is 0 Å². The minimum absolute atomic E-state index is 0. The first-order chi connectivity index (χ1) is 13.2. The van der Waals surface area contributed by atoms with Gasteiger partial charge in [0, 0.05) is 25.8 Å². The molecule has 1 atom stereocenters. The highest BCUT2D eigenvalue weighted by Gasteiger charge is 2.04. The molecule has 2 N–H and O–H groups in total. The van der Waals surface area contributed by atoms with Crippen LogP contribution >= 0.6 is 24.0 Å². The SMILES string of the molecule is CCNC(=NCc1cccc(OC)n1)NCCCOC(C)c1ccccc1.I. The van der Waals surface area contributed by atoms with E-state index >= 15 is 0 Å². The Kier molecular flexibility index (Phi) is 12.2. The summed E-state index contributed by atoms with van der Waals surface area (Å²) in [4.78, 5) is 8.95. The van der Waals surface area contributed by atoms with Crippen molar-refractivity contribution in [2.24, 2.45) is 4.99 Å². The summed E-state index contributed by atoms with van der Waals surface area (Å²) in [6, 6.07) is 15.9. The van der Waals surface area contributed by atoms with Crippen molar-refractivity contribution in [2.75, 3.05) is 26.8 Å². The Hall–Kier alpha value is -1.87. The highest BCUT2D eigenvalue weighted by atomic mass is 127. The Balaban J connectivity index is 0.00000392. The molecule has 0 fully saturated rings. The summed E-state index contributed by atoms with van der Waals surface area (Å²) in [5, 5.41) is 6.58. The van der Waals surface area contributed by atoms with E-state index in [4.69, 9.17) is 9.47 Å². The van der Waals surface area contributed by atoms with Gasteiger partial charge in [-0.1, -0.05) is 36.4 Å². The minimum atomic E-state index is 0. The minimum Gasteiger partial charge on any atom is -0.481 e. The first kappa shape index (κ1) is 24.2. The molecule has 0 aliphatic rings. The first-order valence-electron chi connectivity index (χ1n) is 9.41. The Morgan fingerprint density at radius 2 is 1.89 bits per heavy atom. The van der Waals surface area contributed by atoms with Crippen LogP contribution in [-0.4, -0.2) is 37.7 Å². The molecule has 1 heterocycles. The standard InChI is InChI=1S/C21H30N4O2.HI/c1-4-22-21(24-16-19-12-8-13-20(25-19)26-3)23-14-9-15-27-17(2)18-10-6-5-7-11-18;/h5-8,10-13,17H,4,9,14-16H2,1-3H3,(H2,22,23,24);1H. The molecule has 0 bridgehead atoms. The zero-order valence-corrected chi connectivity index (χ0v) is 19.2. The quantitative estimate of drug-likeness (QED) is 0.225. The topological polar surface area (TPSA) is 67.8 Å². The fourth-order valence-electron chi connectivity index (χ4n) is 2.52. The van der Waals surface area contributed by atoms with Gasteiger partial charge in [0.15, 0.2) is 5.96 Å². The normalized spacial score (nSPS) is 12.0. The molecule has 2 rings (SSSR count). The van der Waals surface area contributed by atoms with Crippen molar-refractivity contribution in [1.82, 2.24) is 15.6 Å². The lowest BCUT2D eigenvalue weighted by atomic mass is 10.1. The smallest absolute Gasteiger partial charge is 0.213 e. The molecule has 1 aromatic heterocycles. The summed E-state index contributed by atoms with van der Waals surface area (Å²) in [5.41, 5.74) is 2.07. The molecule has 154 valence electrons. The number of guanidine groups is 1. The molecule has 0 saturated heterocycles. The van der Waals surface area contributed by atoms with E-state index in [2.05, 4.69) is 39.7 Å². The number of methoxy groups -OCH3 is 1. The summed E-state index contributed by atoms with van der Waals surface area (Å²) in [6.07, 6.45) is 1.01. The van der Waals surface area contributed by atoms with Gasteiger partial charge in [-0.3, -0.25) is 0 Å². The molecule has 1 unspecified atom stereocenters. The summed E-state index contributed by atoms with van der Waals surface area (Å²) < 4.78 is 11.0. The molecule has 1 aromatic carbocycles. The van der Waals surface area contributed by atoms with Gasteiger partial charge in [-0.05, 0) is 31.9 Å². The molecular weight excluding hydrogens is 467 g/mol. The number of rotatable bonds is 10. The van der Waals surface area contributed by atoms with E-state index in [9.17, 15) is 0 Å². The fourth-order valence-corrected chi connectivity index (χ4v) is 2.52. The number of halogens is 1. The second-order valence-corrected chi connectivity index (χ2v) is 6.07. The summed E-state index contributed by atoms with van der Waals surface area (Å²) in [5.74, 6) is 1.38. The summed E-state index contributed by atoms with van der Waals surface area (Å²) in [6.45, 7) is 6.91. The van der Waals surface area contributed by atoms with Gasteiger partial charge in [-0.15, -0.1) is 24.0 Å². The van der Waals surface area contributed by atoms with Crippen LogP contribution in [0.25, 0.3) is 0 Å². The molecule has 0 spiro atoms. The van der Waals surface area contributed by atoms with Crippen LogP contribution in [0.15, 0.2) is 53.5 Å². The van der Waals surface area contributed by atoms with E-state index < -0.39 is 0 Å². The number of nitrogens with zero attached hydrogens (tertiary/aromatic N) is 2. The van der Waals surface area contributed by atoms with Crippen molar-refractivity contribution in [3.8, 4) is 5.88 Å². The zero-order chi connectivity index (χ0) is 19.3. The van der Waals surface area contributed by atoms with E-state index in [-0.39, 0.29) is 30.1 Å². The Bertz CT molecular complexity index is 698. The maximum atomic E-state index is 5.90. The zero-order valence-electron chi connectivity index (χ0n) is 16.9. The van der Waals surface area contributed by atoms with Crippen molar-refractivity contribution in [1.29, 1.82) is 0 Å². The summed E-state index contributed by atoms with van der Waals surface area (Å²) in [7, 11) is 1.61. The molecule has 0 amide bonds. The van der Waals surface area contributed by atoms with Crippen LogP contribution in [0.3, 0.4) is 0 Å². The van der Waals surface area contributed by atoms with Crippen LogP contribution in [0, 0.1) is 0 Å². The van der Waals surface area contributed by atoms with Gasteiger partial charge in [-0.2, -0.15) is 0 Å². The van der Waals surface area contributed by atoms with Crippen molar-refractivity contribution in [2.45, 2.75) is 32.9 Å². The van der Waals surface area contributed by atoms with Crippen molar-refractivity contribution >= 4 is 29.9 Å². The van der Waals surface area contributed by atoms with Crippen LogP contribution in [0.2, 0.25) is 0 Å². The third-order valence-corrected chi connectivity index (χ3v) is 3.98. The van der Waals surface area contributed by atoms with Gasteiger partial charge in [0.2, 0.25) is 5.88 Å². The monoisotopic (exact) mass is 498 g/mol. The van der Waals surface area contributed by atoms with Crippen LogP contribution in [0.5, 0.6) is 5.88 Å². The molecule has 0 aliphatic heterocycles. The lowest BCUT2D eigenvalue weighted by Gasteiger charge is -2.14. The second kappa shape index (κ2) is 14.2. The third-order valence-electron chi connectivity index (χ3n) is 3.98. The van der Waals surface area contributed by atoms with Gasteiger partial charge in [-0.25, -0.2) is 9.98 Å². The van der Waals surface area contributed by atoms with Crippen molar-refractivity contribution in [3.05, 3.63) is 59.8 Å². The highest BCUT2D eigenvalue weighted by Crippen LogP contribution is 2.15. The molecule has 2 aromatic rings. The van der Waals surface area contributed by atoms with Crippen LogP contribution < -0.4 is 15.4 Å². The Morgan fingerprint density at radius 1 is 1.11 bits per heavy atom. The van der Waals surface area contributed by atoms with Crippen LogP contribution in [-0.2, 0) is 11.3 Å². The van der Waals surface area contributed by atoms with Gasteiger partial charge < -0.3 is 20.1 Å². The fraction of sp³-hybridized carbons (Fsp3) is 0.429. The average molecular weight is 498 g/mol. The number of aromatic nitrogens is 1. The number of hydrogen-bond acceptors (Lipinski definition) is 4. The molecule has 7 heteroatoms. The van der Waals surface area contributed by atoms with E-state index in [1.165, 1.54) is 5.56 Å². The first-order valence-corrected chi connectivity index (χ1v) is 9.41. The molecular formula is C21H31IN4O2. The number of nitrogens with one attached hydrogen (secondary N) is 2. The van der Waals surface area contributed by atoms with Crippen molar-refractivity contribution in [3.63, 3.8) is 0 Å². The number of benzene rings is 1. The number of hydrogen-bond donors (Lipinski definition) is 2. The van der Waals surface area contributed by atoms with Gasteiger partial charge >= 0.3 is 0 Å². The predicted octanol–water partition coefficient (Wildman–Crippen LogP) is 3.93. The molecule has 28 heavy (non-hydrogen) atoms. The summed E-state index contributed by atoms with van der Waals surface area (Å²) >= 11 is 0. The molecule has 6 nitrogen and oxygen atoms in total. The predicted molar refractivity (Wildman–Crippen MR) is 124 cm³/mol. The van der Waals surface area contributed by atoms with E-state index in [1.807, 2.05) is 43.3 Å². The number of ether oxygens (including phenoxy) is 2. The third kappa shape index (κ3) is 8.88. The van der Waals surface area contributed by atoms with Crippen LogP contribution in [0.1, 0.15) is 37.6 Å². The lowest BCUT2D eigenvalue weighted by molar-refractivity contribution is 0.0646. The number of pyridine rings is 1. The van der Waals surface area contributed by atoms with Crippen LogP contribution in [0.4, 0.5) is 0 Å². The largest absolute Gasteiger partial charge is 0.481 e. The maximum Gasteiger partial charge on any atom is 0.213 e. The Labute approximate surface area is 185 Å². The molecule has 0 aliphatic carbocycles. The average Bonchev–Trinajstić information content (AvgIpc) is 2.72. The Morgan fingerprint density at radius 3 is 2.61 bits per heavy atom. The highest BCUT2D eigenvalue weighted by molar-refractivity contribution is 14.0. The lowest BCUT2D eigenvalue weighted by Crippen LogP contribution is -2.38. The van der Waals surface area contributed by atoms with E-state index in [1.54, 1.807) is 7.11 Å². The van der Waals surface area contributed by atoms with Gasteiger partial charge in [0.05, 0.1) is 25.5 Å². The van der Waals surface area contributed by atoms with Crippen molar-refractivity contribution < 1.29 is 9.47 Å². The molecule has 0 saturated carbocycles.